The summed E-state index contributed by atoms with van der Waals surface area (Å²) in [6.45, 7) is 0.629. The third-order valence-electron chi connectivity index (χ3n) is 4.21. The first-order chi connectivity index (χ1) is 13.0. The predicted octanol–water partition coefficient (Wildman–Crippen LogP) is 3.05. The number of carbonyl (C=O) groups excluding carboxylic acids is 1. The second-order valence-corrected chi connectivity index (χ2v) is 6.43. The molecule has 1 aromatic carbocycles. The summed E-state index contributed by atoms with van der Waals surface area (Å²) in [6.07, 6.45) is 8.41. The monoisotopic (exact) mass is 367 g/mol. The van der Waals surface area contributed by atoms with Crippen molar-refractivity contribution in [3.63, 3.8) is 0 Å². The van der Waals surface area contributed by atoms with E-state index in [1.54, 1.807) is 41.0 Å². The van der Waals surface area contributed by atoms with Crippen LogP contribution in [0.25, 0.3) is 17.3 Å². The van der Waals surface area contributed by atoms with Crippen molar-refractivity contribution in [1.29, 1.82) is 0 Å². The van der Waals surface area contributed by atoms with Gasteiger partial charge in [0.25, 0.3) is 0 Å². The summed E-state index contributed by atoms with van der Waals surface area (Å²) in [6, 6.07) is 8.27. The Labute approximate surface area is 157 Å². The number of likely N-dealkylation sites (N-methyl/N-ethyl adjacent to an activating group) is 1. The van der Waals surface area contributed by atoms with E-state index in [0.29, 0.717) is 12.2 Å². The summed E-state index contributed by atoms with van der Waals surface area (Å²) in [7, 11) is 3.61. The molecule has 6 nitrogen and oxygen atoms in total. The number of halogens is 1. The van der Waals surface area contributed by atoms with Gasteiger partial charge < -0.3 is 4.90 Å². The third kappa shape index (κ3) is 5.13. The molecule has 0 aliphatic heterocycles. The fraction of sp³-hybridized carbons (Fsp3) is 0.250. The van der Waals surface area contributed by atoms with E-state index in [9.17, 15) is 9.18 Å². The molecule has 0 fully saturated rings. The van der Waals surface area contributed by atoms with E-state index in [-0.39, 0.29) is 11.7 Å². The fourth-order valence-corrected chi connectivity index (χ4v) is 2.72. The largest absolute Gasteiger partial charge is 0.342 e. The van der Waals surface area contributed by atoms with Crippen LogP contribution >= 0.6 is 0 Å². The van der Waals surface area contributed by atoms with Gasteiger partial charge in [0.1, 0.15) is 5.82 Å². The molecular weight excluding hydrogens is 345 g/mol. The zero-order valence-electron chi connectivity index (χ0n) is 15.4. The molecule has 2 aromatic heterocycles. The number of benzene rings is 1. The number of aromatic amines is 1. The van der Waals surface area contributed by atoms with Gasteiger partial charge in [-0.2, -0.15) is 10.2 Å². The SMILES string of the molecule is CN(CCCc1cc(-c2cccc(F)c2)n[nH]1)C(=O)/C=C/c1cnn(C)c1. The number of hydrogen-bond donors (Lipinski definition) is 1. The molecule has 0 aliphatic rings. The Morgan fingerprint density at radius 2 is 2.22 bits per heavy atom. The topological polar surface area (TPSA) is 66.8 Å². The number of H-pyrrole nitrogens is 1. The van der Waals surface area contributed by atoms with Gasteiger partial charge in [-0.1, -0.05) is 12.1 Å². The minimum atomic E-state index is -0.281. The number of nitrogens with zero attached hydrogens (tertiary/aromatic N) is 4. The van der Waals surface area contributed by atoms with Crippen LogP contribution in [0.2, 0.25) is 0 Å². The Hall–Kier alpha value is -3.22. The van der Waals surface area contributed by atoms with Crippen molar-refractivity contribution in [2.45, 2.75) is 12.8 Å². The van der Waals surface area contributed by atoms with Gasteiger partial charge in [0.15, 0.2) is 0 Å². The Bertz CT molecular complexity index is 943. The summed E-state index contributed by atoms with van der Waals surface area (Å²) in [4.78, 5) is 13.8. The Balaban J connectivity index is 1.48. The quantitative estimate of drug-likeness (QED) is 0.653. The van der Waals surface area contributed by atoms with Crippen LogP contribution in [-0.2, 0) is 18.3 Å². The van der Waals surface area contributed by atoms with Gasteiger partial charge in [-0.3, -0.25) is 14.6 Å². The third-order valence-corrected chi connectivity index (χ3v) is 4.21. The van der Waals surface area contributed by atoms with Gasteiger partial charge in [-0.25, -0.2) is 4.39 Å². The number of amides is 1. The lowest BCUT2D eigenvalue weighted by Crippen LogP contribution is -2.26. The van der Waals surface area contributed by atoms with E-state index in [2.05, 4.69) is 15.3 Å². The van der Waals surface area contributed by atoms with Crippen LogP contribution in [0.3, 0.4) is 0 Å². The van der Waals surface area contributed by atoms with E-state index in [1.807, 2.05) is 25.4 Å². The molecule has 3 rings (SSSR count). The van der Waals surface area contributed by atoms with Crippen molar-refractivity contribution in [1.82, 2.24) is 24.9 Å². The highest BCUT2D eigenvalue weighted by Gasteiger charge is 2.08. The van der Waals surface area contributed by atoms with Crippen molar-refractivity contribution in [3.05, 3.63) is 65.9 Å². The first kappa shape index (κ1) is 18.6. The molecule has 0 radical (unpaired) electrons. The minimum absolute atomic E-state index is 0.0519. The first-order valence-corrected chi connectivity index (χ1v) is 8.73. The average Bonchev–Trinajstić information content (AvgIpc) is 3.28. The van der Waals surface area contributed by atoms with Gasteiger partial charge in [0, 0.05) is 49.7 Å². The molecule has 0 spiro atoms. The number of rotatable bonds is 7. The van der Waals surface area contributed by atoms with Gasteiger partial charge in [-0.05, 0) is 37.1 Å². The van der Waals surface area contributed by atoms with E-state index in [0.717, 1.165) is 29.7 Å². The lowest BCUT2D eigenvalue weighted by Gasteiger charge is -2.14. The normalized spacial score (nSPS) is 11.2. The Morgan fingerprint density at radius 3 is 2.96 bits per heavy atom. The van der Waals surface area contributed by atoms with Crippen LogP contribution in [0.15, 0.2) is 48.8 Å². The van der Waals surface area contributed by atoms with Crippen molar-refractivity contribution in [2.24, 2.45) is 7.05 Å². The van der Waals surface area contributed by atoms with Gasteiger partial charge in [0.2, 0.25) is 5.91 Å². The van der Waals surface area contributed by atoms with E-state index < -0.39 is 0 Å². The van der Waals surface area contributed by atoms with E-state index >= 15 is 0 Å². The highest BCUT2D eigenvalue weighted by molar-refractivity contribution is 5.91. The molecule has 27 heavy (non-hydrogen) atoms. The molecule has 2 heterocycles. The summed E-state index contributed by atoms with van der Waals surface area (Å²) in [5, 5.41) is 11.3. The van der Waals surface area contributed by atoms with Crippen molar-refractivity contribution in [3.8, 4) is 11.3 Å². The van der Waals surface area contributed by atoms with Crippen molar-refractivity contribution < 1.29 is 9.18 Å². The maximum atomic E-state index is 13.3. The van der Waals surface area contributed by atoms with E-state index in [1.165, 1.54) is 12.1 Å². The lowest BCUT2D eigenvalue weighted by molar-refractivity contribution is -0.124. The lowest BCUT2D eigenvalue weighted by atomic mass is 10.1. The summed E-state index contributed by atoms with van der Waals surface area (Å²) < 4.78 is 15.0. The average molecular weight is 367 g/mol. The molecule has 1 amide bonds. The number of carbonyl (C=O) groups is 1. The molecule has 7 heteroatoms. The summed E-state index contributed by atoms with van der Waals surface area (Å²) in [5.74, 6) is -0.333. The molecule has 1 N–H and O–H groups in total. The van der Waals surface area contributed by atoms with Gasteiger partial charge in [-0.15, -0.1) is 0 Å². The molecule has 3 aromatic rings. The second kappa shape index (κ2) is 8.44. The van der Waals surface area contributed by atoms with E-state index in [4.69, 9.17) is 0 Å². The minimum Gasteiger partial charge on any atom is -0.342 e. The maximum absolute atomic E-state index is 13.3. The van der Waals surface area contributed by atoms with Crippen molar-refractivity contribution in [2.75, 3.05) is 13.6 Å². The number of aromatic nitrogens is 4. The number of hydrogen-bond acceptors (Lipinski definition) is 3. The van der Waals surface area contributed by atoms with Crippen LogP contribution in [0.1, 0.15) is 17.7 Å². The van der Waals surface area contributed by atoms with Gasteiger partial charge >= 0.3 is 0 Å². The predicted molar refractivity (Wildman–Crippen MR) is 102 cm³/mol. The number of aryl methyl sites for hydroxylation is 2. The van der Waals surface area contributed by atoms with Crippen molar-refractivity contribution >= 4 is 12.0 Å². The molecular formula is C20H22FN5O. The van der Waals surface area contributed by atoms with Gasteiger partial charge in [0.05, 0.1) is 11.9 Å². The molecule has 0 aliphatic carbocycles. The van der Waals surface area contributed by atoms with Crippen LogP contribution in [0.4, 0.5) is 4.39 Å². The standard InChI is InChI=1S/C20H22FN5O/c1-25(20(27)9-8-15-13-22-26(2)14-15)10-4-7-18-12-19(24-23-18)16-5-3-6-17(21)11-16/h3,5-6,8-9,11-14H,4,7,10H2,1-2H3,(H,23,24)/b9-8+. The number of nitrogens with one attached hydrogen (secondary N) is 1. The molecule has 0 saturated carbocycles. The smallest absolute Gasteiger partial charge is 0.246 e. The highest BCUT2D eigenvalue weighted by atomic mass is 19.1. The fourth-order valence-electron chi connectivity index (χ4n) is 2.72. The zero-order valence-corrected chi connectivity index (χ0v) is 15.4. The van der Waals surface area contributed by atoms with Crippen LogP contribution in [0, 0.1) is 5.82 Å². The van der Waals surface area contributed by atoms with Crippen LogP contribution in [-0.4, -0.2) is 44.4 Å². The molecule has 0 saturated heterocycles. The zero-order chi connectivity index (χ0) is 19.2. The highest BCUT2D eigenvalue weighted by Crippen LogP contribution is 2.19. The van der Waals surface area contributed by atoms with Crippen LogP contribution in [0.5, 0.6) is 0 Å². The Morgan fingerprint density at radius 1 is 1.37 bits per heavy atom. The first-order valence-electron chi connectivity index (χ1n) is 8.73. The Kier molecular flexibility index (Phi) is 5.80. The molecule has 0 unspecified atom stereocenters. The summed E-state index contributed by atoms with van der Waals surface area (Å²) in [5.41, 5.74) is 3.31. The summed E-state index contributed by atoms with van der Waals surface area (Å²) >= 11 is 0. The molecule has 0 bridgehead atoms. The van der Waals surface area contributed by atoms with Crippen LogP contribution < -0.4 is 0 Å². The maximum Gasteiger partial charge on any atom is 0.246 e. The molecule has 140 valence electrons. The molecule has 0 atom stereocenters. The second-order valence-electron chi connectivity index (χ2n) is 6.43.